The molecule has 0 atom stereocenters. The normalized spacial score (nSPS) is 11.4. The van der Waals surface area contributed by atoms with Crippen LogP contribution < -0.4 is 9.54 Å². The second-order valence-corrected chi connectivity index (χ2v) is 11.3. The van der Waals surface area contributed by atoms with E-state index in [0.717, 1.165) is 11.1 Å². The second-order valence-electron chi connectivity index (χ2n) is 8.64. The van der Waals surface area contributed by atoms with Crippen molar-refractivity contribution in [2.24, 2.45) is 4.99 Å². The first-order chi connectivity index (χ1) is 19.7. The number of aromatic nitrogens is 2. The van der Waals surface area contributed by atoms with E-state index in [9.17, 15) is 19.8 Å². The first-order valence-electron chi connectivity index (χ1n) is 11.9. The van der Waals surface area contributed by atoms with Gasteiger partial charge >= 0.3 is 11.9 Å². The summed E-state index contributed by atoms with van der Waals surface area (Å²) in [6, 6.07) is 23.6. The zero-order valence-electron chi connectivity index (χ0n) is 20.8. The fourth-order valence-corrected chi connectivity index (χ4v) is 5.61. The van der Waals surface area contributed by atoms with Crippen molar-refractivity contribution in [1.82, 2.24) is 9.78 Å². The molecule has 0 aliphatic heterocycles. The number of carboxylic acids is 2. The van der Waals surface area contributed by atoms with Crippen LogP contribution in [0.1, 0.15) is 26.3 Å². The summed E-state index contributed by atoms with van der Waals surface area (Å²) in [5.41, 5.74) is 2.43. The maximum Gasteiger partial charge on any atom is 0.336 e. The Kier molecular flexibility index (Phi) is 8.55. The van der Waals surface area contributed by atoms with Gasteiger partial charge in [-0.2, -0.15) is 5.10 Å². The molecular formula is C29H18BrCl2N3O5S. The molecule has 0 bridgehead atoms. The molecule has 5 rings (SSSR count). The van der Waals surface area contributed by atoms with Crippen LogP contribution in [0.4, 0.5) is 5.69 Å². The summed E-state index contributed by atoms with van der Waals surface area (Å²) in [5.74, 6) is -1.18. The summed E-state index contributed by atoms with van der Waals surface area (Å²) in [6.07, 6.45) is 0. The van der Waals surface area contributed by atoms with Gasteiger partial charge in [-0.25, -0.2) is 19.3 Å². The van der Waals surface area contributed by atoms with Gasteiger partial charge in [-0.05, 0) is 82.2 Å². The van der Waals surface area contributed by atoms with E-state index < -0.39 is 11.9 Å². The third-order valence-corrected chi connectivity index (χ3v) is 8.13. The van der Waals surface area contributed by atoms with Gasteiger partial charge in [-0.3, -0.25) is 0 Å². The second kappa shape index (κ2) is 12.3. The molecule has 0 amide bonds. The van der Waals surface area contributed by atoms with Crippen molar-refractivity contribution in [3.8, 4) is 22.1 Å². The quantitative estimate of drug-likeness (QED) is 0.172. The van der Waals surface area contributed by atoms with E-state index in [-0.39, 0.29) is 11.1 Å². The summed E-state index contributed by atoms with van der Waals surface area (Å²) >= 11 is 17.0. The molecule has 12 heteroatoms. The van der Waals surface area contributed by atoms with E-state index in [0.29, 0.717) is 48.1 Å². The van der Waals surface area contributed by atoms with Crippen LogP contribution in [0.25, 0.3) is 10.6 Å². The first kappa shape index (κ1) is 28.6. The molecule has 0 saturated heterocycles. The summed E-state index contributed by atoms with van der Waals surface area (Å²) in [7, 11) is 0. The molecule has 206 valence electrons. The molecule has 1 heterocycles. The number of ether oxygens (including phenoxy) is 1. The molecule has 2 N–H and O–H groups in total. The third-order valence-electron chi connectivity index (χ3n) is 5.74. The van der Waals surface area contributed by atoms with Crippen LogP contribution in [0.5, 0.6) is 11.5 Å². The van der Waals surface area contributed by atoms with Crippen molar-refractivity contribution in [3.05, 3.63) is 121 Å². The molecule has 41 heavy (non-hydrogen) atoms. The highest BCUT2D eigenvalue weighted by Crippen LogP contribution is 2.30. The highest BCUT2D eigenvalue weighted by Gasteiger charge is 2.13. The van der Waals surface area contributed by atoms with Gasteiger partial charge < -0.3 is 14.9 Å². The number of nitrogens with zero attached hydrogens (tertiary/aromatic N) is 3. The largest absolute Gasteiger partial charge is 0.478 e. The molecule has 0 fully saturated rings. The molecule has 0 spiro atoms. The van der Waals surface area contributed by atoms with E-state index in [1.807, 2.05) is 12.1 Å². The topological polar surface area (TPSA) is 114 Å². The predicted octanol–water partition coefficient (Wildman–Crippen LogP) is 8.15. The van der Waals surface area contributed by atoms with Gasteiger partial charge in [0.25, 0.3) is 0 Å². The molecule has 8 nitrogen and oxygen atoms in total. The van der Waals surface area contributed by atoms with Crippen molar-refractivity contribution in [1.29, 1.82) is 0 Å². The van der Waals surface area contributed by atoms with Gasteiger partial charge in [-0.1, -0.05) is 58.8 Å². The Bertz CT molecular complexity index is 1870. The van der Waals surface area contributed by atoms with Gasteiger partial charge in [0.05, 0.1) is 33.4 Å². The Labute approximate surface area is 255 Å². The zero-order chi connectivity index (χ0) is 29.1. The third kappa shape index (κ3) is 6.86. The lowest BCUT2D eigenvalue weighted by molar-refractivity contribution is 0.0685. The number of carboxylic acid groups (broad SMARTS) is 2. The first-order valence-corrected chi connectivity index (χ1v) is 14.2. The maximum atomic E-state index is 11.4. The molecule has 1 aromatic heterocycles. The average molecular weight is 671 g/mol. The van der Waals surface area contributed by atoms with Gasteiger partial charge in [0, 0.05) is 10.0 Å². The van der Waals surface area contributed by atoms with Crippen LogP contribution in [-0.4, -0.2) is 31.9 Å². The van der Waals surface area contributed by atoms with Crippen molar-refractivity contribution in [3.63, 3.8) is 0 Å². The Morgan fingerprint density at radius 3 is 2.37 bits per heavy atom. The molecule has 0 unspecified atom stereocenters. The molecular weight excluding hydrogens is 653 g/mol. The summed E-state index contributed by atoms with van der Waals surface area (Å²) in [6.45, 7) is 0.313. The number of rotatable bonds is 8. The van der Waals surface area contributed by atoms with Crippen LogP contribution in [0.2, 0.25) is 10.0 Å². The Morgan fingerprint density at radius 1 is 0.902 bits per heavy atom. The molecule has 0 aliphatic rings. The smallest absolute Gasteiger partial charge is 0.336 e. The minimum atomic E-state index is -1.04. The molecule has 4 aromatic carbocycles. The van der Waals surface area contributed by atoms with E-state index in [2.05, 4.69) is 15.9 Å². The van der Waals surface area contributed by atoms with E-state index in [1.54, 1.807) is 59.3 Å². The van der Waals surface area contributed by atoms with Crippen LogP contribution in [-0.2, 0) is 6.54 Å². The number of hydrogen-bond acceptors (Lipinski definition) is 6. The van der Waals surface area contributed by atoms with Crippen molar-refractivity contribution in [2.75, 3.05) is 0 Å². The average Bonchev–Trinajstić information content (AvgIpc) is 3.33. The maximum absolute atomic E-state index is 11.4. The minimum absolute atomic E-state index is 0.121. The predicted molar refractivity (Wildman–Crippen MR) is 161 cm³/mol. The SMILES string of the molecule is O=C(O)c1cccc(Oc2cccc(-c3nn(Cc4ccc(C(=O)O)c(Br)c4)/c(=N/c4ccc(Cl)c(Cl)c4)s3)c2)c1. The lowest BCUT2D eigenvalue weighted by Gasteiger charge is -2.07. The molecule has 0 saturated carbocycles. The number of hydrogen-bond donors (Lipinski definition) is 2. The number of benzene rings is 4. The Balaban J connectivity index is 1.53. The summed E-state index contributed by atoms with van der Waals surface area (Å²) in [5, 5.41) is 24.9. The van der Waals surface area contributed by atoms with Crippen LogP contribution in [0, 0.1) is 0 Å². The van der Waals surface area contributed by atoms with E-state index in [4.69, 9.17) is 38.0 Å². The van der Waals surface area contributed by atoms with Crippen molar-refractivity contribution < 1.29 is 24.5 Å². The number of carbonyl (C=O) groups is 2. The van der Waals surface area contributed by atoms with E-state index in [1.165, 1.54) is 29.5 Å². The monoisotopic (exact) mass is 669 g/mol. The lowest BCUT2D eigenvalue weighted by Crippen LogP contribution is -2.17. The summed E-state index contributed by atoms with van der Waals surface area (Å²) in [4.78, 5) is 28.1. The molecule has 0 radical (unpaired) electrons. The van der Waals surface area contributed by atoms with Crippen molar-refractivity contribution >= 4 is 68.1 Å². The molecule has 5 aromatic rings. The fourth-order valence-electron chi connectivity index (χ4n) is 3.80. The Morgan fingerprint density at radius 2 is 1.66 bits per heavy atom. The molecule has 0 aliphatic carbocycles. The van der Waals surface area contributed by atoms with Crippen LogP contribution in [0.3, 0.4) is 0 Å². The van der Waals surface area contributed by atoms with Crippen LogP contribution in [0.15, 0.2) is 94.4 Å². The lowest BCUT2D eigenvalue weighted by atomic mass is 10.1. The van der Waals surface area contributed by atoms with Crippen molar-refractivity contribution in [2.45, 2.75) is 6.54 Å². The standard InChI is InChI=1S/C29H18BrCl2N3O5S/c30-23-11-16(7-9-22(23)28(38)39)15-35-29(33-19-8-10-24(31)25(32)14-19)41-26(34-35)17-3-1-5-20(12-17)40-21-6-2-4-18(13-21)27(36)37/h1-14H,15H2,(H,36,37)(H,38,39)/b33-29-. The van der Waals surface area contributed by atoms with Gasteiger partial charge in [0.15, 0.2) is 0 Å². The minimum Gasteiger partial charge on any atom is -0.478 e. The zero-order valence-corrected chi connectivity index (χ0v) is 24.7. The Hall–Kier alpha value is -3.96. The number of aromatic carboxylic acids is 2. The van der Waals surface area contributed by atoms with Gasteiger partial charge in [0.1, 0.15) is 16.5 Å². The van der Waals surface area contributed by atoms with Gasteiger partial charge in [0.2, 0.25) is 4.80 Å². The highest BCUT2D eigenvalue weighted by molar-refractivity contribution is 9.10. The van der Waals surface area contributed by atoms with E-state index >= 15 is 0 Å². The summed E-state index contributed by atoms with van der Waals surface area (Å²) < 4.78 is 8.10. The number of halogens is 3. The van der Waals surface area contributed by atoms with Gasteiger partial charge in [-0.15, -0.1) is 0 Å². The fraction of sp³-hybridized carbons (Fsp3) is 0.0345. The highest BCUT2D eigenvalue weighted by atomic mass is 79.9. The van der Waals surface area contributed by atoms with Crippen LogP contribution >= 0.6 is 50.5 Å².